The molecule has 0 N–H and O–H groups in total. The minimum Gasteiger partial charge on any atom is -0.309 e. The molecule has 8 heteroatoms. The van der Waals surface area contributed by atoms with E-state index in [0.29, 0.717) is 17.0 Å². The highest BCUT2D eigenvalue weighted by molar-refractivity contribution is 7.06. The zero-order valence-electron chi connectivity index (χ0n) is 40.3. The van der Waals surface area contributed by atoms with Crippen molar-refractivity contribution in [1.82, 2.24) is 19.1 Å². The number of rotatable bonds is 4. The number of fused-ring (bicyclic) bond motifs is 14. The van der Waals surface area contributed by atoms with Crippen LogP contribution in [0, 0.1) is 22.7 Å². The van der Waals surface area contributed by atoms with Crippen LogP contribution in [0.1, 0.15) is 11.3 Å². The van der Waals surface area contributed by atoms with E-state index in [4.69, 9.17) is 0 Å². The first kappa shape index (κ1) is 43.1. The Kier molecular flexibility index (Phi) is 9.78. The van der Waals surface area contributed by atoms with Crippen LogP contribution in [0.15, 0.2) is 207 Å². The first-order valence-electron chi connectivity index (χ1n) is 24.4. The predicted molar refractivity (Wildman–Crippen MR) is 302 cm³/mol. The van der Waals surface area contributed by atoms with Crippen LogP contribution in [0.3, 0.4) is 0 Å². The van der Waals surface area contributed by atoms with Gasteiger partial charge in [0, 0.05) is 56.4 Å². The molecule has 6 nitrogen and oxygen atoms in total. The van der Waals surface area contributed by atoms with E-state index in [1.165, 1.54) is 86.6 Å². The van der Waals surface area contributed by atoms with Crippen molar-refractivity contribution in [2.75, 3.05) is 0 Å². The summed E-state index contributed by atoms with van der Waals surface area (Å²) in [6.07, 6.45) is 3.42. The first-order chi connectivity index (χ1) is 35.2. The van der Waals surface area contributed by atoms with Crippen LogP contribution in [-0.2, 0) is 0 Å². The van der Waals surface area contributed by atoms with Crippen LogP contribution in [0.2, 0.25) is 26.2 Å². The number of aromatic nitrogens is 4. The fraction of sp³-hybridized carbons (Fsp3) is 0.0625. The Hall–Kier alpha value is -8.93. The molecule has 0 amide bonds. The van der Waals surface area contributed by atoms with E-state index >= 15 is 0 Å². The lowest BCUT2D eigenvalue weighted by Gasteiger charge is -2.20. The summed E-state index contributed by atoms with van der Waals surface area (Å²) in [6.45, 7) is 9.92. The van der Waals surface area contributed by atoms with Gasteiger partial charge < -0.3 is 9.13 Å². The molecule has 0 unspecified atom stereocenters. The van der Waals surface area contributed by atoms with E-state index in [9.17, 15) is 10.5 Å². The van der Waals surface area contributed by atoms with Gasteiger partial charge in [-0.3, -0.25) is 4.98 Å². The van der Waals surface area contributed by atoms with Crippen LogP contribution in [0.5, 0.6) is 0 Å². The maximum Gasteiger partial charge on any atom is 0.148 e. The van der Waals surface area contributed by atoms with Crippen molar-refractivity contribution < 1.29 is 0 Å². The molecule has 0 atom stereocenters. The molecular formula is C64H46N6Si2. The van der Waals surface area contributed by atoms with Gasteiger partial charge in [-0.2, -0.15) is 10.5 Å². The van der Waals surface area contributed by atoms with Gasteiger partial charge in [0.2, 0.25) is 0 Å². The normalized spacial score (nSPS) is 13.5. The van der Waals surface area contributed by atoms with Gasteiger partial charge in [0.05, 0.1) is 33.3 Å². The molecule has 2 aliphatic rings. The van der Waals surface area contributed by atoms with E-state index in [2.05, 4.69) is 221 Å². The number of benzene rings is 8. The Balaban J connectivity index is 0.000000140. The van der Waals surface area contributed by atoms with Crippen molar-refractivity contribution in [3.05, 3.63) is 218 Å². The number of nitrogens with zero attached hydrogens (tertiary/aromatic N) is 6. The van der Waals surface area contributed by atoms with Gasteiger partial charge in [0.1, 0.15) is 34.0 Å². The zero-order chi connectivity index (χ0) is 48.9. The third-order valence-corrected chi connectivity index (χ3v) is 22.4. The Labute approximate surface area is 420 Å². The summed E-state index contributed by atoms with van der Waals surface area (Å²) in [4.78, 5) is 8.81. The van der Waals surface area contributed by atoms with Crippen molar-refractivity contribution >= 4 is 80.5 Å². The van der Waals surface area contributed by atoms with Crippen molar-refractivity contribution in [3.63, 3.8) is 0 Å². The highest BCUT2D eigenvalue weighted by Gasteiger charge is 2.41. The van der Waals surface area contributed by atoms with E-state index in [-0.39, 0.29) is 0 Å². The van der Waals surface area contributed by atoms with Gasteiger partial charge >= 0.3 is 0 Å². The van der Waals surface area contributed by atoms with E-state index < -0.39 is 16.1 Å². The summed E-state index contributed by atoms with van der Waals surface area (Å²) in [5, 5.41) is 30.7. The minimum absolute atomic E-state index is 0.445. The topological polar surface area (TPSA) is 83.2 Å². The molecule has 0 saturated carbocycles. The third kappa shape index (κ3) is 6.30. The Morgan fingerprint density at radius 3 is 1.46 bits per heavy atom. The molecule has 12 aromatic rings. The Bertz CT molecular complexity index is 4050. The molecular weight excluding hydrogens is 909 g/mol. The van der Waals surface area contributed by atoms with Gasteiger partial charge in [0.25, 0.3) is 0 Å². The highest BCUT2D eigenvalue weighted by atomic mass is 28.3. The van der Waals surface area contributed by atoms with Gasteiger partial charge in [-0.25, -0.2) is 4.98 Å². The maximum absolute atomic E-state index is 9.64. The van der Waals surface area contributed by atoms with E-state index in [1.54, 1.807) is 12.4 Å². The average Bonchev–Trinajstić information content (AvgIpc) is 4.10. The van der Waals surface area contributed by atoms with Gasteiger partial charge in [-0.1, -0.05) is 148 Å². The zero-order valence-corrected chi connectivity index (χ0v) is 42.3. The second-order valence-electron chi connectivity index (χ2n) is 19.9. The molecule has 2 aliphatic heterocycles. The summed E-state index contributed by atoms with van der Waals surface area (Å²) in [5.41, 5.74) is 17.1. The lowest BCUT2D eigenvalue weighted by atomic mass is 10.0. The van der Waals surface area contributed by atoms with Gasteiger partial charge in [0.15, 0.2) is 0 Å². The number of para-hydroxylation sites is 2. The van der Waals surface area contributed by atoms with Crippen LogP contribution in [0.25, 0.3) is 99.6 Å². The van der Waals surface area contributed by atoms with E-state index in [1.807, 2.05) is 30.3 Å². The summed E-state index contributed by atoms with van der Waals surface area (Å²) in [6, 6.07) is 73.5. The SMILES string of the molecule is C[Si]1(C)c2ccccc2-c2ccc3c(c21)c1ccccc1n3-c1cccc(-c2cccnc2C#N)c1.C[Si]1(C)c2ccccc2-c2ccc3c(c21)c1ccccc1n3-c1cccc(-c2ncccc2C#N)c1. The van der Waals surface area contributed by atoms with Gasteiger partial charge in [-0.05, 0) is 121 Å². The van der Waals surface area contributed by atoms with Crippen molar-refractivity contribution in [3.8, 4) is 68.2 Å². The molecule has 0 radical (unpaired) electrons. The molecule has 14 rings (SSSR count). The smallest absolute Gasteiger partial charge is 0.148 e. The van der Waals surface area contributed by atoms with Crippen molar-refractivity contribution in [2.45, 2.75) is 26.2 Å². The number of hydrogen-bond donors (Lipinski definition) is 0. The maximum atomic E-state index is 9.64. The lowest BCUT2D eigenvalue weighted by Crippen LogP contribution is -2.49. The second kappa shape index (κ2) is 16.3. The largest absolute Gasteiger partial charge is 0.309 e. The van der Waals surface area contributed by atoms with Crippen LogP contribution in [0.4, 0.5) is 0 Å². The Morgan fingerprint density at radius 1 is 0.403 bits per heavy atom. The molecule has 72 heavy (non-hydrogen) atoms. The molecule has 8 aromatic carbocycles. The van der Waals surface area contributed by atoms with Crippen molar-refractivity contribution in [1.29, 1.82) is 10.5 Å². The van der Waals surface area contributed by atoms with Crippen LogP contribution in [-0.4, -0.2) is 35.2 Å². The summed E-state index contributed by atoms with van der Waals surface area (Å²) in [7, 11) is -3.77. The van der Waals surface area contributed by atoms with Crippen LogP contribution < -0.4 is 20.7 Å². The number of pyridine rings is 2. The molecule has 0 bridgehead atoms. The molecule has 0 aliphatic carbocycles. The molecule has 340 valence electrons. The minimum atomic E-state index is -1.89. The fourth-order valence-electron chi connectivity index (χ4n) is 12.3. The predicted octanol–water partition coefficient (Wildman–Crippen LogP) is 13.0. The summed E-state index contributed by atoms with van der Waals surface area (Å²) < 4.78 is 4.75. The van der Waals surface area contributed by atoms with E-state index in [0.717, 1.165) is 28.1 Å². The third-order valence-electron chi connectivity index (χ3n) is 15.3. The lowest BCUT2D eigenvalue weighted by molar-refractivity contribution is 1.18. The average molecular weight is 955 g/mol. The fourth-order valence-corrected chi connectivity index (χ4v) is 19.2. The molecule has 4 aromatic heterocycles. The van der Waals surface area contributed by atoms with Crippen LogP contribution >= 0.6 is 0 Å². The highest BCUT2D eigenvalue weighted by Crippen LogP contribution is 2.41. The number of hydrogen-bond acceptors (Lipinski definition) is 4. The monoisotopic (exact) mass is 954 g/mol. The standard InChI is InChI=1S/2C32H23N3Si/c1-36(2)29-15-6-4-12-24(29)25-16-17-28-30(32(25)36)26-13-3-5-14-27(26)35(28)23-11-7-9-21(19-23)31-22(20-33)10-8-18-34-31;1-36(2)30-15-6-4-11-24(30)25-16-17-29-31(32(25)36)26-12-3-5-14-28(26)35(29)22-10-7-9-21(19-22)23-13-8-18-34-27(23)20-33/h2*3-19H,1-2H3. The molecule has 0 spiro atoms. The first-order valence-corrected chi connectivity index (χ1v) is 30.4. The summed E-state index contributed by atoms with van der Waals surface area (Å²) in [5.74, 6) is 0. The molecule has 0 fully saturated rings. The summed E-state index contributed by atoms with van der Waals surface area (Å²) >= 11 is 0. The molecule has 0 saturated heterocycles. The Morgan fingerprint density at radius 2 is 0.889 bits per heavy atom. The second-order valence-corrected chi connectivity index (χ2v) is 28.5. The quantitative estimate of drug-likeness (QED) is 0.165. The van der Waals surface area contributed by atoms with Gasteiger partial charge in [-0.15, -0.1) is 0 Å². The number of nitriles is 2. The molecule has 6 heterocycles. The van der Waals surface area contributed by atoms with Crippen molar-refractivity contribution in [2.24, 2.45) is 0 Å².